The molecule has 100 valence electrons. The molecule has 19 heavy (non-hydrogen) atoms. The highest BCUT2D eigenvalue weighted by Crippen LogP contribution is 2.21. The van der Waals surface area contributed by atoms with Gasteiger partial charge in [0, 0.05) is 16.9 Å². The number of rotatable bonds is 3. The smallest absolute Gasteiger partial charge is 0.263 e. The topological polar surface area (TPSA) is 59.1 Å². The molecule has 1 heterocycles. The third-order valence-corrected chi connectivity index (χ3v) is 4.20. The number of hydrogen-bond donors (Lipinski definition) is 1. The third kappa shape index (κ3) is 3.30. The maximum atomic E-state index is 13.1. The number of hydrogen-bond acceptors (Lipinski definition) is 3. The summed E-state index contributed by atoms with van der Waals surface area (Å²) in [6.07, 6.45) is 2.70. The van der Waals surface area contributed by atoms with Gasteiger partial charge >= 0.3 is 0 Å². The molecule has 1 aromatic heterocycles. The van der Waals surface area contributed by atoms with Gasteiger partial charge in [0.25, 0.3) is 10.0 Å². The Bertz CT molecular complexity index is 719. The Labute approximate surface area is 118 Å². The molecule has 0 amide bonds. The number of pyridine rings is 1. The number of benzene rings is 1. The van der Waals surface area contributed by atoms with Crippen molar-refractivity contribution in [2.45, 2.75) is 11.8 Å². The van der Waals surface area contributed by atoms with Gasteiger partial charge in [0.2, 0.25) is 0 Å². The number of aryl methyl sites for hydroxylation is 1. The molecule has 0 saturated heterocycles. The van der Waals surface area contributed by atoms with Crippen LogP contribution < -0.4 is 4.72 Å². The first-order valence-electron chi connectivity index (χ1n) is 5.28. The first-order chi connectivity index (χ1) is 8.88. The van der Waals surface area contributed by atoms with Gasteiger partial charge in [0.05, 0.1) is 5.69 Å². The van der Waals surface area contributed by atoms with E-state index >= 15 is 0 Å². The monoisotopic (exact) mass is 344 g/mol. The van der Waals surface area contributed by atoms with Crippen LogP contribution in [-0.4, -0.2) is 13.4 Å². The molecule has 2 rings (SSSR count). The van der Waals surface area contributed by atoms with Crippen LogP contribution in [0.3, 0.4) is 0 Å². The molecule has 0 radical (unpaired) electrons. The zero-order valence-corrected chi connectivity index (χ0v) is 12.3. The van der Waals surface area contributed by atoms with E-state index < -0.39 is 15.8 Å². The fourth-order valence-electron chi connectivity index (χ4n) is 1.45. The number of nitrogens with one attached hydrogen (secondary N) is 1. The van der Waals surface area contributed by atoms with Crippen LogP contribution in [-0.2, 0) is 10.0 Å². The molecule has 1 N–H and O–H groups in total. The van der Waals surface area contributed by atoms with E-state index in [2.05, 4.69) is 25.6 Å². The molecular formula is C12H10BrFN2O2S. The quantitative estimate of drug-likeness (QED) is 0.930. The van der Waals surface area contributed by atoms with Crippen molar-refractivity contribution >= 4 is 31.6 Å². The second-order valence-corrected chi connectivity index (χ2v) is 6.50. The average molecular weight is 345 g/mol. The maximum Gasteiger partial charge on any atom is 0.263 e. The second-order valence-electron chi connectivity index (χ2n) is 3.90. The standard InChI is InChI=1S/C12H10BrFN2O2S/c1-8-2-3-10(14)5-12(8)16-19(17,18)11-4-9(13)6-15-7-11/h2-7,16H,1H3. The van der Waals surface area contributed by atoms with E-state index in [9.17, 15) is 12.8 Å². The molecule has 0 bridgehead atoms. The van der Waals surface area contributed by atoms with Crippen LogP contribution in [0.4, 0.5) is 10.1 Å². The minimum atomic E-state index is -3.78. The highest BCUT2D eigenvalue weighted by molar-refractivity contribution is 9.10. The fraction of sp³-hybridized carbons (Fsp3) is 0.0833. The van der Waals surface area contributed by atoms with Gasteiger partial charge in [0.15, 0.2) is 0 Å². The first-order valence-corrected chi connectivity index (χ1v) is 7.55. The van der Waals surface area contributed by atoms with E-state index in [0.717, 1.165) is 6.07 Å². The van der Waals surface area contributed by atoms with Crippen LogP contribution in [0, 0.1) is 12.7 Å². The van der Waals surface area contributed by atoms with Crippen molar-refractivity contribution in [2.24, 2.45) is 0 Å². The van der Waals surface area contributed by atoms with Gasteiger partial charge < -0.3 is 0 Å². The lowest BCUT2D eigenvalue weighted by Crippen LogP contribution is -2.14. The minimum Gasteiger partial charge on any atom is -0.279 e. The molecule has 0 fully saturated rings. The van der Waals surface area contributed by atoms with E-state index in [4.69, 9.17) is 0 Å². The molecule has 0 saturated carbocycles. The largest absolute Gasteiger partial charge is 0.279 e. The number of anilines is 1. The summed E-state index contributed by atoms with van der Waals surface area (Å²) in [7, 11) is -3.78. The van der Waals surface area contributed by atoms with Crippen LogP contribution in [0.15, 0.2) is 46.0 Å². The Balaban J connectivity index is 2.39. The van der Waals surface area contributed by atoms with Crippen LogP contribution in [0.25, 0.3) is 0 Å². The predicted molar refractivity (Wildman–Crippen MR) is 73.9 cm³/mol. The van der Waals surface area contributed by atoms with Crippen LogP contribution in [0.1, 0.15) is 5.56 Å². The highest BCUT2D eigenvalue weighted by atomic mass is 79.9. The zero-order chi connectivity index (χ0) is 14.0. The summed E-state index contributed by atoms with van der Waals surface area (Å²) in [5, 5.41) is 0. The van der Waals surface area contributed by atoms with Gasteiger partial charge in [-0.25, -0.2) is 12.8 Å². The Morgan fingerprint density at radius 3 is 2.68 bits per heavy atom. The summed E-state index contributed by atoms with van der Waals surface area (Å²) in [5.74, 6) is -0.504. The Morgan fingerprint density at radius 1 is 1.26 bits per heavy atom. The van der Waals surface area contributed by atoms with E-state index in [1.807, 2.05) is 0 Å². The van der Waals surface area contributed by atoms with Gasteiger partial charge in [-0.3, -0.25) is 9.71 Å². The van der Waals surface area contributed by atoms with Crippen molar-refractivity contribution in [3.05, 3.63) is 52.5 Å². The van der Waals surface area contributed by atoms with Crippen molar-refractivity contribution < 1.29 is 12.8 Å². The van der Waals surface area contributed by atoms with E-state index in [1.54, 1.807) is 6.92 Å². The molecule has 0 unspecified atom stereocenters. The Hall–Kier alpha value is -1.47. The van der Waals surface area contributed by atoms with E-state index in [0.29, 0.717) is 10.0 Å². The second kappa shape index (κ2) is 5.26. The molecule has 0 aliphatic rings. The molecule has 4 nitrogen and oxygen atoms in total. The van der Waals surface area contributed by atoms with Crippen LogP contribution in [0.5, 0.6) is 0 Å². The highest BCUT2D eigenvalue weighted by Gasteiger charge is 2.16. The summed E-state index contributed by atoms with van der Waals surface area (Å²) < 4.78 is 40.3. The van der Waals surface area contributed by atoms with Gasteiger partial charge in [-0.2, -0.15) is 0 Å². The molecule has 0 aliphatic carbocycles. The lowest BCUT2D eigenvalue weighted by Gasteiger charge is -2.10. The summed E-state index contributed by atoms with van der Waals surface area (Å²) in [5.41, 5.74) is 0.841. The predicted octanol–water partition coefficient (Wildman–Crippen LogP) is 3.09. The molecule has 0 atom stereocenters. The molecular weight excluding hydrogens is 335 g/mol. The molecule has 2 aromatic rings. The Kier molecular flexibility index (Phi) is 3.86. The van der Waals surface area contributed by atoms with Crippen LogP contribution in [0.2, 0.25) is 0 Å². The SMILES string of the molecule is Cc1ccc(F)cc1NS(=O)(=O)c1cncc(Br)c1. The van der Waals surface area contributed by atoms with E-state index in [-0.39, 0.29) is 10.6 Å². The van der Waals surface area contributed by atoms with Crippen molar-refractivity contribution in [3.8, 4) is 0 Å². The number of nitrogens with zero attached hydrogens (tertiary/aromatic N) is 1. The number of aromatic nitrogens is 1. The van der Waals surface area contributed by atoms with Gasteiger partial charge in [-0.15, -0.1) is 0 Å². The number of sulfonamides is 1. The van der Waals surface area contributed by atoms with Crippen molar-refractivity contribution in [1.82, 2.24) is 4.98 Å². The Morgan fingerprint density at radius 2 is 2.00 bits per heavy atom. The molecule has 0 spiro atoms. The van der Waals surface area contributed by atoms with Crippen molar-refractivity contribution in [3.63, 3.8) is 0 Å². The molecule has 0 aliphatic heterocycles. The van der Waals surface area contributed by atoms with Crippen LogP contribution >= 0.6 is 15.9 Å². The fourth-order valence-corrected chi connectivity index (χ4v) is 3.07. The number of halogens is 2. The van der Waals surface area contributed by atoms with Crippen molar-refractivity contribution in [1.29, 1.82) is 0 Å². The summed E-state index contributed by atoms with van der Waals surface area (Å²) in [6.45, 7) is 1.69. The maximum absolute atomic E-state index is 13.1. The zero-order valence-electron chi connectivity index (χ0n) is 9.89. The summed E-state index contributed by atoms with van der Waals surface area (Å²) in [6, 6.07) is 5.34. The molecule has 1 aromatic carbocycles. The molecule has 7 heteroatoms. The van der Waals surface area contributed by atoms with E-state index in [1.165, 1.54) is 30.6 Å². The van der Waals surface area contributed by atoms with Gasteiger partial charge in [0.1, 0.15) is 10.7 Å². The van der Waals surface area contributed by atoms with Gasteiger partial charge in [-0.1, -0.05) is 6.07 Å². The summed E-state index contributed by atoms with van der Waals surface area (Å²) >= 11 is 3.15. The lowest BCUT2D eigenvalue weighted by atomic mass is 10.2. The van der Waals surface area contributed by atoms with Crippen molar-refractivity contribution in [2.75, 3.05) is 4.72 Å². The van der Waals surface area contributed by atoms with Gasteiger partial charge in [-0.05, 0) is 46.6 Å². The normalized spacial score (nSPS) is 11.3. The first kappa shape index (κ1) is 14.0. The third-order valence-electron chi connectivity index (χ3n) is 2.43. The summed E-state index contributed by atoms with van der Waals surface area (Å²) in [4.78, 5) is 3.80. The minimum absolute atomic E-state index is 0.00513. The average Bonchev–Trinajstić information content (AvgIpc) is 2.33. The lowest BCUT2D eigenvalue weighted by molar-refractivity contribution is 0.600.